The fraction of sp³-hybridized carbons (Fsp3) is 0.333. The fourth-order valence-electron chi connectivity index (χ4n) is 2.85. The number of aryl methyl sites for hydroxylation is 2. The minimum absolute atomic E-state index is 0.456. The molecule has 104 valence electrons. The van der Waals surface area contributed by atoms with Crippen molar-refractivity contribution in [3.8, 4) is 0 Å². The van der Waals surface area contributed by atoms with E-state index in [1.807, 2.05) is 30.3 Å². The van der Waals surface area contributed by atoms with E-state index in [0.717, 1.165) is 17.7 Å². The number of rotatable bonds is 4. The van der Waals surface area contributed by atoms with Gasteiger partial charge in [-0.05, 0) is 54.5 Å². The molecule has 2 nitrogen and oxygen atoms in total. The van der Waals surface area contributed by atoms with Crippen LogP contribution in [0.2, 0.25) is 0 Å². The van der Waals surface area contributed by atoms with Crippen molar-refractivity contribution in [2.45, 2.75) is 31.8 Å². The van der Waals surface area contributed by atoms with Crippen LogP contribution in [0.5, 0.6) is 0 Å². The van der Waals surface area contributed by atoms with E-state index in [4.69, 9.17) is 0 Å². The van der Waals surface area contributed by atoms with Gasteiger partial charge in [0.15, 0.2) is 0 Å². The first-order chi connectivity index (χ1) is 9.83. The van der Waals surface area contributed by atoms with Crippen LogP contribution in [-0.4, -0.2) is 11.7 Å². The second-order valence-corrected chi connectivity index (χ2v) is 5.50. The Bertz CT molecular complexity index is 565. The topological polar surface area (TPSA) is 32.3 Å². The van der Waals surface area contributed by atoms with E-state index in [0.29, 0.717) is 6.54 Å². The molecular weight excluding hydrogens is 246 g/mol. The van der Waals surface area contributed by atoms with Crippen LogP contribution < -0.4 is 5.32 Å². The second kappa shape index (κ2) is 6.10. The molecule has 0 heterocycles. The fourth-order valence-corrected chi connectivity index (χ4v) is 2.85. The zero-order valence-corrected chi connectivity index (χ0v) is 11.7. The number of hydrogen-bond donors (Lipinski definition) is 2. The summed E-state index contributed by atoms with van der Waals surface area (Å²) >= 11 is 0. The van der Waals surface area contributed by atoms with Gasteiger partial charge in [0.1, 0.15) is 0 Å². The summed E-state index contributed by atoms with van der Waals surface area (Å²) in [5.41, 5.74) is 4.95. The Morgan fingerprint density at radius 2 is 1.70 bits per heavy atom. The number of anilines is 1. The van der Waals surface area contributed by atoms with Gasteiger partial charge in [-0.1, -0.05) is 36.4 Å². The third-order valence-corrected chi connectivity index (χ3v) is 4.03. The number of benzene rings is 2. The van der Waals surface area contributed by atoms with Gasteiger partial charge in [-0.15, -0.1) is 0 Å². The summed E-state index contributed by atoms with van der Waals surface area (Å²) in [6.07, 6.45) is 4.46. The molecule has 0 radical (unpaired) electrons. The summed E-state index contributed by atoms with van der Waals surface area (Å²) in [6, 6.07) is 16.5. The lowest BCUT2D eigenvalue weighted by molar-refractivity contribution is 0.191. The molecule has 0 bridgehead atoms. The van der Waals surface area contributed by atoms with Gasteiger partial charge in [0, 0.05) is 12.2 Å². The molecule has 2 heteroatoms. The molecular formula is C18H21NO. The van der Waals surface area contributed by atoms with E-state index >= 15 is 0 Å². The molecule has 0 fully saturated rings. The van der Waals surface area contributed by atoms with Gasteiger partial charge < -0.3 is 10.4 Å². The number of nitrogens with one attached hydrogen (secondary N) is 1. The van der Waals surface area contributed by atoms with Crippen molar-refractivity contribution in [3.63, 3.8) is 0 Å². The highest BCUT2D eigenvalue weighted by Gasteiger charge is 2.13. The average Bonchev–Trinajstić information content (AvgIpc) is 2.53. The first-order valence-corrected chi connectivity index (χ1v) is 7.41. The minimum Gasteiger partial charge on any atom is -0.387 e. The van der Waals surface area contributed by atoms with Crippen LogP contribution in [0.4, 0.5) is 5.69 Å². The van der Waals surface area contributed by atoms with Crippen molar-refractivity contribution < 1.29 is 5.11 Å². The summed E-state index contributed by atoms with van der Waals surface area (Å²) in [6.45, 7) is 0.544. The van der Waals surface area contributed by atoms with E-state index in [9.17, 15) is 5.11 Å². The van der Waals surface area contributed by atoms with Gasteiger partial charge in [0.05, 0.1) is 6.10 Å². The lowest BCUT2D eigenvalue weighted by atomic mass is 9.89. The zero-order valence-electron chi connectivity index (χ0n) is 11.7. The number of aliphatic hydroxyl groups is 1. The Balaban J connectivity index is 1.66. The third kappa shape index (κ3) is 3.02. The van der Waals surface area contributed by atoms with Crippen molar-refractivity contribution in [1.82, 2.24) is 0 Å². The molecule has 2 aromatic carbocycles. The monoisotopic (exact) mass is 267 g/mol. The molecule has 1 unspecified atom stereocenters. The summed E-state index contributed by atoms with van der Waals surface area (Å²) in [5.74, 6) is 0. The Labute approximate surface area is 120 Å². The molecule has 1 aliphatic carbocycles. The molecule has 0 amide bonds. The summed E-state index contributed by atoms with van der Waals surface area (Å²) in [4.78, 5) is 0. The number of fused-ring (bicyclic) bond motifs is 1. The van der Waals surface area contributed by atoms with Gasteiger partial charge in [-0.3, -0.25) is 0 Å². The Kier molecular flexibility index (Phi) is 4.03. The van der Waals surface area contributed by atoms with Crippen LogP contribution in [0.25, 0.3) is 0 Å². The van der Waals surface area contributed by atoms with Crippen LogP contribution >= 0.6 is 0 Å². The molecule has 0 aliphatic heterocycles. The van der Waals surface area contributed by atoms with Gasteiger partial charge in [0.25, 0.3) is 0 Å². The van der Waals surface area contributed by atoms with E-state index in [2.05, 4.69) is 23.5 Å². The van der Waals surface area contributed by atoms with Crippen LogP contribution in [0.1, 0.15) is 35.6 Å². The van der Waals surface area contributed by atoms with Gasteiger partial charge >= 0.3 is 0 Å². The maximum Gasteiger partial charge on any atom is 0.0962 e. The highest BCUT2D eigenvalue weighted by atomic mass is 16.3. The van der Waals surface area contributed by atoms with E-state index in [1.54, 1.807) is 0 Å². The maximum absolute atomic E-state index is 10.3. The van der Waals surface area contributed by atoms with Crippen LogP contribution in [0, 0.1) is 0 Å². The molecule has 2 N–H and O–H groups in total. The number of hydrogen-bond acceptors (Lipinski definition) is 2. The van der Waals surface area contributed by atoms with Gasteiger partial charge in [0.2, 0.25) is 0 Å². The molecule has 0 saturated heterocycles. The maximum atomic E-state index is 10.3. The predicted molar refractivity (Wildman–Crippen MR) is 83.0 cm³/mol. The summed E-state index contributed by atoms with van der Waals surface area (Å²) in [5, 5.41) is 13.6. The lowest BCUT2D eigenvalue weighted by Gasteiger charge is -2.19. The lowest BCUT2D eigenvalue weighted by Crippen LogP contribution is -2.13. The first-order valence-electron chi connectivity index (χ1n) is 7.41. The number of aliphatic hydroxyl groups excluding tert-OH is 1. The minimum atomic E-state index is -0.456. The standard InChI is InChI=1S/C18H21NO/c20-18(13-19-17-8-2-1-3-9-17)16-11-10-14-6-4-5-7-15(14)12-16/h1-3,8-12,18-20H,4-7,13H2. The van der Waals surface area contributed by atoms with Crippen molar-refractivity contribution in [3.05, 3.63) is 65.2 Å². The third-order valence-electron chi connectivity index (χ3n) is 4.03. The van der Waals surface area contributed by atoms with Gasteiger partial charge in [-0.2, -0.15) is 0 Å². The SMILES string of the molecule is OC(CNc1ccccc1)c1ccc2c(c1)CCCC2. The van der Waals surface area contributed by atoms with Gasteiger partial charge in [-0.25, -0.2) is 0 Å². The smallest absolute Gasteiger partial charge is 0.0962 e. The van der Waals surface area contributed by atoms with Crippen molar-refractivity contribution in [2.75, 3.05) is 11.9 Å². The highest BCUT2D eigenvalue weighted by molar-refractivity contribution is 5.43. The molecule has 0 spiro atoms. The van der Waals surface area contributed by atoms with Crippen LogP contribution in [-0.2, 0) is 12.8 Å². The second-order valence-electron chi connectivity index (χ2n) is 5.50. The van der Waals surface area contributed by atoms with E-state index in [-0.39, 0.29) is 0 Å². The van der Waals surface area contributed by atoms with Crippen LogP contribution in [0.3, 0.4) is 0 Å². The summed E-state index contributed by atoms with van der Waals surface area (Å²) < 4.78 is 0. The van der Waals surface area contributed by atoms with Crippen molar-refractivity contribution >= 4 is 5.69 Å². The van der Waals surface area contributed by atoms with Crippen LogP contribution in [0.15, 0.2) is 48.5 Å². The Hall–Kier alpha value is -1.80. The molecule has 0 aromatic heterocycles. The molecule has 0 saturated carbocycles. The van der Waals surface area contributed by atoms with E-state index in [1.165, 1.54) is 30.4 Å². The Morgan fingerprint density at radius 3 is 2.50 bits per heavy atom. The predicted octanol–water partition coefficient (Wildman–Crippen LogP) is 3.71. The quantitative estimate of drug-likeness (QED) is 0.885. The normalized spacial score (nSPS) is 15.4. The molecule has 1 aliphatic rings. The Morgan fingerprint density at radius 1 is 0.950 bits per heavy atom. The molecule has 20 heavy (non-hydrogen) atoms. The first kappa shape index (κ1) is 13.2. The summed E-state index contributed by atoms with van der Waals surface area (Å²) in [7, 11) is 0. The number of para-hydroxylation sites is 1. The van der Waals surface area contributed by atoms with Crippen molar-refractivity contribution in [2.24, 2.45) is 0 Å². The molecule has 3 rings (SSSR count). The molecule has 1 atom stereocenters. The zero-order chi connectivity index (χ0) is 13.8. The molecule has 2 aromatic rings. The largest absolute Gasteiger partial charge is 0.387 e. The van der Waals surface area contributed by atoms with Crippen molar-refractivity contribution in [1.29, 1.82) is 0 Å². The highest BCUT2D eigenvalue weighted by Crippen LogP contribution is 2.25. The average molecular weight is 267 g/mol. The van der Waals surface area contributed by atoms with E-state index < -0.39 is 6.10 Å².